The first-order valence-corrected chi connectivity index (χ1v) is 5.87. The first-order valence-electron chi connectivity index (χ1n) is 5.87. The largest absolute Gasteiger partial charge is 0.534 e. The van der Waals surface area contributed by atoms with E-state index >= 15 is 0 Å². The fourth-order valence-electron chi connectivity index (χ4n) is 2.26. The summed E-state index contributed by atoms with van der Waals surface area (Å²) >= 11 is 0. The molecule has 2 fully saturated rings. The van der Waals surface area contributed by atoms with Crippen LogP contribution in [0.3, 0.4) is 0 Å². The van der Waals surface area contributed by atoms with E-state index in [9.17, 15) is 15.0 Å². The molecule has 0 aromatic carbocycles. The highest BCUT2D eigenvalue weighted by atomic mass is 16.8. The second-order valence-corrected chi connectivity index (χ2v) is 4.37. The third-order valence-corrected chi connectivity index (χ3v) is 3.20. The van der Waals surface area contributed by atoms with Crippen LogP contribution in [0, 0.1) is 5.92 Å². The zero-order chi connectivity index (χ0) is 13.4. The van der Waals surface area contributed by atoms with Gasteiger partial charge in [0.25, 0.3) is 0 Å². The molecule has 8 nitrogen and oxygen atoms in total. The highest BCUT2D eigenvalue weighted by Crippen LogP contribution is 2.33. The van der Waals surface area contributed by atoms with E-state index in [0.717, 1.165) is 6.42 Å². The van der Waals surface area contributed by atoms with Gasteiger partial charge in [0, 0.05) is 12.1 Å². The molecule has 8 heteroatoms. The first kappa shape index (κ1) is 12.1. The Hall–Kier alpha value is -1.93. The van der Waals surface area contributed by atoms with Crippen molar-refractivity contribution in [2.24, 2.45) is 5.92 Å². The number of aromatic nitrogens is 1. The second kappa shape index (κ2) is 4.63. The molecule has 2 aliphatic rings. The molecule has 0 radical (unpaired) electrons. The van der Waals surface area contributed by atoms with Crippen LogP contribution in [0.1, 0.15) is 6.42 Å². The molecule has 0 saturated carbocycles. The number of aromatic hydroxyl groups is 2. The zero-order valence-corrected chi connectivity index (χ0v) is 9.89. The van der Waals surface area contributed by atoms with Crippen LogP contribution in [-0.4, -0.2) is 46.7 Å². The number of carbonyl (C=O) groups is 1. The van der Waals surface area contributed by atoms with Gasteiger partial charge in [0.15, 0.2) is 6.29 Å². The minimum Gasteiger partial charge on any atom is -0.492 e. The van der Waals surface area contributed by atoms with Crippen LogP contribution < -0.4 is 4.84 Å². The van der Waals surface area contributed by atoms with Crippen molar-refractivity contribution < 1.29 is 34.1 Å². The minimum absolute atomic E-state index is 0.000550. The maximum absolute atomic E-state index is 11.6. The number of hydrogen-bond acceptors (Lipinski definition) is 7. The van der Waals surface area contributed by atoms with Crippen molar-refractivity contribution in [3.63, 3.8) is 0 Å². The highest BCUT2D eigenvalue weighted by Gasteiger charge is 2.44. The molecule has 0 spiro atoms. The molecule has 2 aliphatic heterocycles. The van der Waals surface area contributed by atoms with Crippen molar-refractivity contribution >= 4 is 6.16 Å². The topological polar surface area (TPSA) is 99.4 Å². The van der Waals surface area contributed by atoms with E-state index in [4.69, 9.17) is 14.2 Å². The van der Waals surface area contributed by atoms with Crippen molar-refractivity contribution in [3.8, 4) is 11.8 Å². The Balaban J connectivity index is 1.60. The Kier molecular flexibility index (Phi) is 2.96. The van der Waals surface area contributed by atoms with Gasteiger partial charge in [-0.3, -0.25) is 4.84 Å². The van der Waals surface area contributed by atoms with Gasteiger partial charge in [-0.25, -0.2) is 4.79 Å². The summed E-state index contributed by atoms with van der Waals surface area (Å²) in [5, 5.41) is 18.6. The number of rotatable bonds is 2. The lowest BCUT2D eigenvalue weighted by molar-refractivity contribution is -0.0908. The second-order valence-electron chi connectivity index (χ2n) is 4.37. The molecule has 0 amide bonds. The molecule has 0 bridgehead atoms. The maximum atomic E-state index is 11.6. The zero-order valence-electron chi connectivity index (χ0n) is 9.89. The maximum Gasteiger partial charge on any atom is 0.534 e. The summed E-state index contributed by atoms with van der Waals surface area (Å²) < 4.78 is 16.3. The third kappa shape index (κ3) is 2.20. The van der Waals surface area contributed by atoms with Crippen molar-refractivity contribution in [2.75, 3.05) is 13.2 Å². The van der Waals surface area contributed by atoms with E-state index in [-0.39, 0.29) is 18.8 Å². The number of nitrogens with zero attached hydrogens (tertiary/aromatic N) is 1. The normalized spacial score (nSPS) is 29.2. The van der Waals surface area contributed by atoms with Gasteiger partial charge in [-0.15, -0.1) is 4.73 Å². The molecular formula is C11H13NO7. The van der Waals surface area contributed by atoms with Gasteiger partial charge in [0.05, 0.1) is 19.1 Å². The van der Waals surface area contributed by atoms with Gasteiger partial charge in [-0.1, -0.05) is 0 Å². The Morgan fingerprint density at radius 3 is 2.79 bits per heavy atom. The van der Waals surface area contributed by atoms with Gasteiger partial charge < -0.3 is 24.4 Å². The van der Waals surface area contributed by atoms with Crippen LogP contribution >= 0.6 is 0 Å². The molecule has 0 aliphatic carbocycles. The van der Waals surface area contributed by atoms with Crippen molar-refractivity contribution in [1.29, 1.82) is 0 Å². The van der Waals surface area contributed by atoms with Gasteiger partial charge >= 0.3 is 6.16 Å². The minimum atomic E-state index is -1.03. The van der Waals surface area contributed by atoms with Crippen LogP contribution in [0.2, 0.25) is 0 Å². The van der Waals surface area contributed by atoms with Crippen LogP contribution in [0.4, 0.5) is 4.79 Å². The molecule has 2 N–H and O–H groups in total. The smallest absolute Gasteiger partial charge is 0.492 e. The average molecular weight is 271 g/mol. The van der Waals surface area contributed by atoms with Crippen molar-refractivity contribution in [3.05, 3.63) is 12.1 Å². The van der Waals surface area contributed by atoms with Crippen LogP contribution in [0.25, 0.3) is 0 Å². The lowest BCUT2D eigenvalue weighted by Crippen LogP contribution is -2.30. The van der Waals surface area contributed by atoms with Crippen LogP contribution in [0.15, 0.2) is 12.1 Å². The Morgan fingerprint density at radius 1 is 1.32 bits per heavy atom. The van der Waals surface area contributed by atoms with Crippen LogP contribution in [0.5, 0.6) is 11.8 Å². The van der Waals surface area contributed by atoms with Gasteiger partial charge in [0.1, 0.15) is 6.10 Å². The summed E-state index contributed by atoms with van der Waals surface area (Å²) in [6, 6.07) is 2.37. The Bertz CT molecular complexity index is 466. The Morgan fingerprint density at radius 2 is 2.05 bits per heavy atom. The molecule has 1 aromatic rings. The molecule has 19 heavy (non-hydrogen) atoms. The fraction of sp³-hybridized carbons (Fsp3) is 0.545. The number of carbonyl (C=O) groups excluding carboxylic acids is 1. The van der Waals surface area contributed by atoms with E-state index in [0.29, 0.717) is 11.3 Å². The third-order valence-electron chi connectivity index (χ3n) is 3.20. The van der Waals surface area contributed by atoms with Gasteiger partial charge in [-0.05, 0) is 6.42 Å². The lowest BCUT2D eigenvalue weighted by atomic mass is 10.0. The molecule has 1 aromatic heterocycles. The molecule has 3 heterocycles. The molecule has 3 atom stereocenters. The van der Waals surface area contributed by atoms with E-state index in [1.165, 1.54) is 12.1 Å². The number of ether oxygens (including phenoxy) is 3. The SMILES string of the molecule is O=C(OC1COC2OCCC12)On1c(O)ccc1O. The molecule has 3 rings (SSSR count). The predicted molar refractivity (Wildman–Crippen MR) is 58.4 cm³/mol. The summed E-state index contributed by atoms with van der Waals surface area (Å²) in [5.74, 6) is -0.808. The predicted octanol–water partition coefficient (Wildman–Crippen LogP) is 0.226. The number of hydrogen-bond donors (Lipinski definition) is 2. The molecule has 104 valence electrons. The quantitative estimate of drug-likeness (QED) is 0.742. The number of fused-ring (bicyclic) bond motifs is 1. The summed E-state index contributed by atoms with van der Waals surface area (Å²) in [4.78, 5) is 16.3. The molecule has 2 saturated heterocycles. The average Bonchev–Trinajstić information content (AvgIpc) is 3.03. The monoisotopic (exact) mass is 271 g/mol. The van der Waals surface area contributed by atoms with Crippen molar-refractivity contribution in [1.82, 2.24) is 4.73 Å². The first-order chi connectivity index (χ1) is 9.15. The molecule has 3 unspecified atom stereocenters. The van der Waals surface area contributed by atoms with Crippen molar-refractivity contribution in [2.45, 2.75) is 18.8 Å². The summed E-state index contributed by atoms with van der Waals surface area (Å²) in [5.41, 5.74) is 0. The molecular weight excluding hydrogens is 258 g/mol. The van der Waals surface area contributed by atoms with Crippen LogP contribution in [-0.2, 0) is 14.2 Å². The van der Waals surface area contributed by atoms with E-state index in [2.05, 4.69) is 4.84 Å². The standard InChI is InChI=1S/C11H13NO7/c13-8-1-2-9(14)12(8)19-11(15)18-7-5-17-10-6(7)3-4-16-10/h1-2,6-7,10,13-14H,3-5H2. The van der Waals surface area contributed by atoms with Gasteiger partial charge in [-0.2, -0.15) is 0 Å². The lowest BCUT2D eigenvalue weighted by Gasteiger charge is -2.15. The summed E-state index contributed by atoms with van der Waals surface area (Å²) in [6.45, 7) is 0.817. The van der Waals surface area contributed by atoms with Gasteiger partial charge in [0.2, 0.25) is 11.8 Å². The summed E-state index contributed by atoms with van der Waals surface area (Å²) in [6.07, 6.45) is -1.04. The fourth-order valence-corrected chi connectivity index (χ4v) is 2.26. The van der Waals surface area contributed by atoms with E-state index in [1.807, 2.05) is 0 Å². The Labute approximate surface area is 108 Å². The van der Waals surface area contributed by atoms with E-state index in [1.54, 1.807) is 0 Å². The van der Waals surface area contributed by atoms with E-state index < -0.39 is 24.0 Å². The summed E-state index contributed by atoms with van der Waals surface area (Å²) in [7, 11) is 0. The highest BCUT2D eigenvalue weighted by molar-refractivity contribution is 5.61.